The van der Waals surface area contributed by atoms with Crippen molar-refractivity contribution in [2.75, 3.05) is 34.6 Å². The number of benzene rings is 2. The highest BCUT2D eigenvalue weighted by atomic mass is 16.7. The van der Waals surface area contributed by atoms with Gasteiger partial charge in [-0.2, -0.15) is 0 Å². The second-order valence-corrected chi connectivity index (χ2v) is 6.99. The summed E-state index contributed by atoms with van der Waals surface area (Å²) in [5.74, 6) is 2.90. The largest absolute Gasteiger partial charge is 0.497 e. The first kappa shape index (κ1) is 17.9. The molecule has 27 heavy (non-hydrogen) atoms. The molecule has 6 nitrogen and oxygen atoms in total. The predicted molar refractivity (Wildman–Crippen MR) is 101 cm³/mol. The molecule has 0 amide bonds. The third-order valence-corrected chi connectivity index (χ3v) is 5.49. The molecule has 0 bridgehead atoms. The first-order valence-corrected chi connectivity index (χ1v) is 9.14. The number of methoxy groups -OCH3 is 2. The summed E-state index contributed by atoms with van der Waals surface area (Å²) in [7, 11) is 5.37. The molecule has 0 aromatic heterocycles. The molecule has 0 radical (unpaired) electrons. The number of nitrogens with zero attached hydrogens (tertiary/aromatic N) is 1. The van der Waals surface area contributed by atoms with Crippen molar-refractivity contribution in [2.45, 2.75) is 25.0 Å². The molecule has 2 aliphatic rings. The SMILES string of the molecule is COc1ccc(C(O)CC2c3c(cc4c(c3OC)OCO4)CCN2C)cc1. The van der Waals surface area contributed by atoms with Crippen LogP contribution >= 0.6 is 0 Å². The highest BCUT2D eigenvalue weighted by molar-refractivity contribution is 5.61. The van der Waals surface area contributed by atoms with E-state index in [1.807, 2.05) is 24.3 Å². The third kappa shape index (κ3) is 3.19. The third-order valence-electron chi connectivity index (χ3n) is 5.49. The van der Waals surface area contributed by atoms with Gasteiger partial charge in [0.15, 0.2) is 11.5 Å². The summed E-state index contributed by atoms with van der Waals surface area (Å²) in [6.07, 6.45) is 0.879. The Morgan fingerprint density at radius 2 is 1.96 bits per heavy atom. The lowest BCUT2D eigenvalue weighted by molar-refractivity contribution is 0.107. The molecule has 144 valence electrons. The Bertz CT molecular complexity index is 820. The summed E-state index contributed by atoms with van der Waals surface area (Å²) in [5, 5.41) is 10.9. The molecule has 0 fully saturated rings. The quantitative estimate of drug-likeness (QED) is 0.872. The van der Waals surface area contributed by atoms with Gasteiger partial charge in [0.2, 0.25) is 12.5 Å². The Balaban J connectivity index is 1.67. The van der Waals surface area contributed by atoms with Crippen molar-refractivity contribution in [3.05, 3.63) is 47.0 Å². The smallest absolute Gasteiger partial charge is 0.231 e. The molecule has 2 aromatic rings. The predicted octanol–water partition coefficient (Wildman–Crippen LogP) is 3.09. The Hall–Kier alpha value is -2.44. The fraction of sp³-hybridized carbons (Fsp3) is 0.429. The first-order chi connectivity index (χ1) is 13.1. The number of hydrogen-bond acceptors (Lipinski definition) is 6. The van der Waals surface area contributed by atoms with Gasteiger partial charge in [-0.3, -0.25) is 4.90 Å². The van der Waals surface area contributed by atoms with E-state index in [4.69, 9.17) is 18.9 Å². The molecule has 1 N–H and O–H groups in total. The molecule has 0 aliphatic carbocycles. The van der Waals surface area contributed by atoms with E-state index in [0.29, 0.717) is 12.2 Å². The van der Waals surface area contributed by atoms with Crippen molar-refractivity contribution < 1.29 is 24.1 Å². The van der Waals surface area contributed by atoms with Crippen LogP contribution in [0.25, 0.3) is 0 Å². The number of fused-ring (bicyclic) bond motifs is 2. The molecule has 0 saturated heterocycles. The number of aliphatic hydroxyl groups is 1. The number of rotatable bonds is 5. The monoisotopic (exact) mass is 371 g/mol. The molecule has 2 aromatic carbocycles. The lowest BCUT2D eigenvalue weighted by Gasteiger charge is -2.37. The lowest BCUT2D eigenvalue weighted by Crippen LogP contribution is -2.33. The van der Waals surface area contributed by atoms with Gasteiger partial charge in [0.25, 0.3) is 0 Å². The topological polar surface area (TPSA) is 60.4 Å². The van der Waals surface area contributed by atoms with E-state index in [1.54, 1.807) is 14.2 Å². The van der Waals surface area contributed by atoms with E-state index in [2.05, 4.69) is 18.0 Å². The minimum atomic E-state index is -0.593. The van der Waals surface area contributed by atoms with Crippen molar-refractivity contribution in [3.63, 3.8) is 0 Å². The highest BCUT2D eigenvalue weighted by Gasteiger charge is 2.35. The van der Waals surface area contributed by atoms with Gasteiger partial charge >= 0.3 is 0 Å². The molecular formula is C21H25NO5. The van der Waals surface area contributed by atoms with Crippen LogP contribution in [0.1, 0.15) is 35.3 Å². The highest BCUT2D eigenvalue weighted by Crippen LogP contribution is 2.50. The Labute approximate surface area is 159 Å². The van der Waals surface area contributed by atoms with Crippen LogP contribution in [-0.2, 0) is 6.42 Å². The molecule has 2 unspecified atom stereocenters. The molecule has 6 heteroatoms. The second kappa shape index (κ2) is 7.29. The average Bonchev–Trinajstić information content (AvgIpc) is 3.16. The van der Waals surface area contributed by atoms with E-state index in [1.165, 1.54) is 5.56 Å². The van der Waals surface area contributed by atoms with E-state index in [9.17, 15) is 5.11 Å². The van der Waals surface area contributed by atoms with Crippen molar-refractivity contribution in [1.29, 1.82) is 0 Å². The van der Waals surface area contributed by atoms with Crippen molar-refractivity contribution in [3.8, 4) is 23.0 Å². The van der Waals surface area contributed by atoms with Gasteiger partial charge in [-0.1, -0.05) is 12.1 Å². The van der Waals surface area contributed by atoms with Gasteiger partial charge in [-0.25, -0.2) is 0 Å². The summed E-state index contributed by atoms with van der Waals surface area (Å²) >= 11 is 0. The van der Waals surface area contributed by atoms with E-state index < -0.39 is 6.10 Å². The molecule has 2 heterocycles. The van der Waals surface area contributed by atoms with Gasteiger partial charge in [-0.05, 0) is 49.2 Å². The maximum Gasteiger partial charge on any atom is 0.231 e. The summed E-state index contributed by atoms with van der Waals surface area (Å²) in [4.78, 5) is 2.26. The van der Waals surface area contributed by atoms with Crippen LogP contribution in [0.4, 0.5) is 0 Å². The van der Waals surface area contributed by atoms with E-state index in [0.717, 1.165) is 41.3 Å². The molecule has 2 aliphatic heterocycles. The van der Waals surface area contributed by atoms with E-state index >= 15 is 0 Å². The van der Waals surface area contributed by atoms with Gasteiger partial charge in [-0.15, -0.1) is 0 Å². The average molecular weight is 371 g/mol. The molecule has 2 atom stereocenters. The van der Waals surface area contributed by atoms with Crippen LogP contribution in [0.15, 0.2) is 30.3 Å². The molecule has 0 spiro atoms. The zero-order valence-corrected chi connectivity index (χ0v) is 15.9. The number of hydrogen-bond donors (Lipinski definition) is 1. The summed E-state index contributed by atoms with van der Waals surface area (Å²) in [5.41, 5.74) is 3.15. The van der Waals surface area contributed by atoms with Crippen LogP contribution in [0.3, 0.4) is 0 Å². The Morgan fingerprint density at radius 1 is 1.19 bits per heavy atom. The first-order valence-electron chi connectivity index (χ1n) is 9.14. The number of aliphatic hydroxyl groups excluding tert-OH is 1. The van der Waals surface area contributed by atoms with Crippen molar-refractivity contribution in [2.24, 2.45) is 0 Å². The minimum absolute atomic E-state index is 0.0234. The van der Waals surface area contributed by atoms with Crippen LogP contribution in [-0.4, -0.2) is 44.6 Å². The maximum absolute atomic E-state index is 10.9. The van der Waals surface area contributed by atoms with Crippen LogP contribution < -0.4 is 18.9 Å². The lowest BCUT2D eigenvalue weighted by atomic mass is 9.87. The minimum Gasteiger partial charge on any atom is -0.497 e. The van der Waals surface area contributed by atoms with Gasteiger partial charge in [0.1, 0.15) is 5.75 Å². The second-order valence-electron chi connectivity index (χ2n) is 6.99. The number of likely N-dealkylation sites (N-methyl/N-ethyl adjacent to an activating group) is 1. The fourth-order valence-electron chi connectivity index (χ4n) is 4.00. The standard InChI is InChI=1S/C21H25NO5/c1-22-9-8-14-10-18-20(27-12-26-18)21(25-3)19(14)16(22)11-17(23)13-4-6-15(24-2)7-5-13/h4-7,10,16-17,23H,8-9,11-12H2,1-3H3. The molecule has 4 rings (SSSR count). The summed E-state index contributed by atoms with van der Waals surface area (Å²) in [6, 6.07) is 9.63. The zero-order chi connectivity index (χ0) is 19.0. The van der Waals surface area contributed by atoms with Crippen molar-refractivity contribution in [1.82, 2.24) is 4.90 Å². The Morgan fingerprint density at radius 3 is 2.67 bits per heavy atom. The maximum atomic E-state index is 10.9. The fourth-order valence-corrected chi connectivity index (χ4v) is 4.00. The van der Waals surface area contributed by atoms with Gasteiger partial charge in [0, 0.05) is 18.2 Å². The van der Waals surface area contributed by atoms with Gasteiger partial charge in [0.05, 0.1) is 20.3 Å². The van der Waals surface area contributed by atoms with Crippen LogP contribution in [0.2, 0.25) is 0 Å². The number of ether oxygens (including phenoxy) is 4. The van der Waals surface area contributed by atoms with Crippen molar-refractivity contribution >= 4 is 0 Å². The normalized spacial score (nSPS) is 19.5. The zero-order valence-electron chi connectivity index (χ0n) is 15.9. The Kier molecular flexibility index (Phi) is 4.85. The van der Waals surface area contributed by atoms with Crippen LogP contribution in [0, 0.1) is 0 Å². The molecular weight excluding hydrogens is 346 g/mol. The van der Waals surface area contributed by atoms with E-state index in [-0.39, 0.29) is 12.8 Å². The van der Waals surface area contributed by atoms with Gasteiger partial charge < -0.3 is 24.1 Å². The summed E-state index contributed by atoms with van der Waals surface area (Å²) in [6.45, 7) is 1.12. The summed E-state index contributed by atoms with van der Waals surface area (Å²) < 4.78 is 22.1. The van der Waals surface area contributed by atoms with Crippen LogP contribution in [0.5, 0.6) is 23.0 Å². The molecule has 0 saturated carbocycles.